The number of piperidine rings is 1. The monoisotopic (exact) mass is 371 g/mol. The highest BCUT2D eigenvalue weighted by Gasteiger charge is 2.54. The minimum absolute atomic E-state index is 0.232. The van der Waals surface area contributed by atoms with Crippen LogP contribution in [0.5, 0.6) is 0 Å². The number of carboxylic acid groups (broad SMARTS) is 1. The number of nitrogens with one attached hydrogen (secondary N) is 1. The molecule has 1 amide bonds. The molecule has 1 saturated carbocycles. The molecule has 2 heterocycles. The number of benzene rings is 1. The maximum atomic E-state index is 13.5. The first-order valence-electron chi connectivity index (χ1n) is 10.2. The predicted molar refractivity (Wildman–Crippen MR) is 102 cm³/mol. The van der Waals surface area contributed by atoms with Gasteiger partial charge in [0.15, 0.2) is 0 Å². The van der Waals surface area contributed by atoms with Crippen molar-refractivity contribution in [2.45, 2.75) is 63.1 Å². The summed E-state index contributed by atoms with van der Waals surface area (Å²) in [6.07, 6.45) is 7.92. The van der Waals surface area contributed by atoms with Crippen molar-refractivity contribution in [3.8, 4) is 0 Å². The third-order valence-electron chi connectivity index (χ3n) is 6.55. The van der Waals surface area contributed by atoms with E-state index in [1.54, 1.807) is 18.2 Å². The van der Waals surface area contributed by atoms with Crippen LogP contribution in [0.1, 0.15) is 60.9 Å². The smallest absolute Gasteiger partial charge is 0.335 e. The van der Waals surface area contributed by atoms with Gasteiger partial charge in [-0.05, 0) is 56.5 Å². The Labute approximate surface area is 160 Å². The fraction of sp³-hybridized carbons (Fsp3) is 0.619. The number of rotatable bonds is 4. The van der Waals surface area contributed by atoms with Crippen LogP contribution >= 0.6 is 0 Å². The molecule has 0 atom stereocenters. The van der Waals surface area contributed by atoms with Crippen LogP contribution in [0.4, 0.5) is 0 Å². The zero-order valence-electron chi connectivity index (χ0n) is 15.8. The van der Waals surface area contributed by atoms with Crippen molar-refractivity contribution >= 4 is 11.9 Å². The van der Waals surface area contributed by atoms with Gasteiger partial charge < -0.3 is 15.3 Å². The number of nitrogens with zero attached hydrogens (tertiary/aromatic N) is 2. The molecule has 27 heavy (non-hydrogen) atoms. The van der Waals surface area contributed by atoms with Crippen molar-refractivity contribution in [1.82, 2.24) is 15.1 Å². The molecule has 1 aromatic rings. The van der Waals surface area contributed by atoms with E-state index in [1.807, 2.05) is 11.0 Å². The third kappa shape index (κ3) is 3.48. The zero-order valence-corrected chi connectivity index (χ0v) is 15.8. The molecule has 2 aliphatic heterocycles. The number of hydrogen-bond acceptors (Lipinski definition) is 4. The van der Waals surface area contributed by atoms with Gasteiger partial charge in [0.25, 0.3) is 0 Å². The Hall–Kier alpha value is -1.92. The van der Waals surface area contributed by atoms with Crippen molar-refractivity contribution in [1.29, 1.82) is 0 Å². The van der Waals surface area contributed by atoms with E-state index in [0.717, 1.165) is 31.5 Å². The molecule has 2 N–H and O–H groups in total. The van der Waals surface area contributed by atoms with Gasteiger partial charge in [0.1, 0.15) is 5.54 Å². The second kappa shape index (κ2) is 7.60. The van der Waals surface area contributed by atoms with Crippen LogP contribution in [-0.4, -0.2) is 58.1 Å². The van der Waals surface area contributed by atoms with E-state index in [4.69, 9.17) is 0 Å². The van der Waals surface area contributed by atoms with Crippen molar-refractivity contribution in [3.63, 3.8) is 0 Å². The van der Waals surface area contributed by atoms with Gasteiger partial charge in [-0.15, -0.1) is 0 Å². The van der Waals surface area contributed by atoms with Crippen LogP contribution in [-0.2, 0) is 11.3 Å². The Morgan fingerprint density at radius 3 is 2.63 bits per heavy atom. The van der Waals surface area contributed by atoms with Crippen LogP contribution in [0.25, 0.3) is 0 Å². The van der Waals surface area contributed by atoms with Crippen molar-refractivity contribution in [2.24, 2.45) is 0 Å². The summed E-state index contributed by atoms with van der Waals surface area (Å²) in [5.74, 6) is -0.696. The lowest BCUT2D eigenvalue weighted by atomic mass is 9.83. The van der Waals surface area contributed by atoms with Crippen molar-refractivity contribution in [2.75, 3.05) is 19.8 Å². The fourth-order valence-corrected chi connectivity index (χ4v) is 5.14. The molecular formula is C21H29N3O3. The van der Waals surface area contributed by atoms with Gasteiger partial charge in [-0.1, -0.05) is 31.4 Å². The molecule has 3 fully saturated rings. The molecule has 4 rings (SSSR count). The highest BCUT2D eigenvalue weighted by atomic mass is 16.4. The highest BCUT2D eigenvalue weighted by Crippen LogP contribution is 2.39. The molecule has 6 heteroatoms. The summed E-state index contributed by atoms with van der Waals surface area (Å²) in [6.45, 7) is 2.92. The summed E-state index contributed by atoms with van der Waals surface area (Å²) in [7, 11) is 0. The molecule has 0 unspecified atom stereocenters. The largest absolute Gasteiger partial charge is 0.478 e. The lowest BCUT2D eigenvalue weighted by Gasteiger charge is -2.44. The Morgan fingerprint density at radius 1 is 1.19 bits per heavy atom. The standard InChI is InChI=1S/C21H29N3O3/c25-19(26)17-6-4-5-16(13-17)14-23-15-24(18-7-2-1-3-8-18)21(20(23)27)9-11-22-12-10-21/h4-6,13,18,22H,1-3,7-12,14-15H2,(H,25,26). The lowest BCUT2D eigenvalue weighted by Crippen LogP contribution is -2.58. The molecule has 1 aliphatic carbocycles. The normalized spacial score (nSPS) is 23.9. The van der Waals surface area contributed by atoms with E-state index in [0.29, 0.717) is 19.3 Å². The highest BCUT2D eigenvalue weighted by molar-refractivity contribution is 5.89. The van der Waals surface area contributed by atoms with Crippen LogP contribution in [0.2, 0.25) is 0 Å². The van der Waals surface area contributed by atoms with Gasteiger partial charge in [0, 0.05) is 12.6 Å². The lowest BCUT2D eigenvalue weighted by molar-refractivity contribution is -0.136. The minimum atomic E-state index is -0.928. The van der Waals surface area contributed by atoms with E-state index >= 15 is 0 Å². The zero-order chi connectivity index (χ0) is 18.9. The average molecular weight is 371 g/mol. The van der Waals surface area contributed by atoms with Crippen LogP contribution < -0.4 is 5.32 Å². The summed E-state index contributed by atoms with van der Waals surface area (Å²) in [5.41, 5.74) is 0.801. The van der Waals surface area contributed by atoms with Crippen LogP contribution in [0.15, 0.2) is 24.3 Å². The molecule has 2 saturated heterocycles. The number of carbonyl (C=O) groups is 2. The molecule has 1 spiro atoms. The van der Waals surface area contributed by atoms with Gasteiger partial charge in [-0.25, -0.2) is 4.79 Å². The Morgan fingerprint density at radius 2 is 1.93 bits per heavy atom. The molecular weight excluding hydrogens is 342 g/mol. The van der Waals surface area contributed by atoms with E-state index in [1.165, 1.54) is 32.1 Å². The first kappa shape index (κ1) is 18.4. The van der Waals surface area contributed by atoms with Gasteiger partial charge in [-0.2, -0.15) is 0 Å². The quantitative estimate of drug-likeness (QED) is 0.851. The number of hydrogen-bond donors (Lipinski definition) is 2. The Balaban J connectivity index is 1.58. The number of aromatic carboxylic acids is 1. The Bertz CT molecular complexity index is 708. The first-order chi connectivity index (χ1) is 13.1. The maximum absolute atomic E-state index is 13.5. The second-order valence-corrected chi connectivity index (χ2v) is 8.19. The van der Waals surface area contributed by atoms with E-state index < -0.39 is 5.97 Å². The molecule has 0 radical (unpaired) electrons. The first-order valence-corrected chi connectivity index (χ1v) is 10.2. The number of amides is 1. The molecule has 3 aliphatic rings. The van der Waals surface area contributed by atoms with Crippen molar-refractivity contribution < 1.29 is 14.7 Å². The van der Waals surface area contributed by atoms with Crippen molar-refractivity contribution in [3.05, 3.63) is 35.4 Å². The summed E-state index contributed by atoms with van der Waals surface area (Å²) >= 11 is 0. The topological polar surface area (TPSA) is 72.9 Å². The summed E-state index contributed by atoms with van der Waals surface area (Å²) < 4.78 is 0. The predicted octanol–water partition coefficient (Wildman–Crippen LogP) is 2.44. The van der Waals surface area contributed by atoms with E-state index in [-0.39, 0.29) is 17.0 Å². The summed E-state index contributed by atoms with van der Waals surface area (Å²) in [6, 6.07) is 7.46. The molecule has 0 aromatic heterocycles. The van der Waals surface area contributed by atoms with Gasteiger partial charge in [-0.3, -0.25) is 9.69 Å². The van der Waals surface area contributed by atoms with Gasteiger partial charge in [0.05, 0.1) is 12.2 Å². The Kier molecular flexibility index (Phi) is 5.19. The molecule has 146 valence electrons. The maximum Gasteiger partial charge on any atom is 0.335 e. The minimum Gasteiger partial charge on any atom is -0.478 e. The van der Waals surface area contributed by atoms with Gasteiger partial charge in [0.2, 0.25) is 5.91 Å². The summed E-state index contributed by atoms with van der Waals surface area (Å²) in [5, 5.41) is 12.6. The molecule has 1 aromatic carbocycles. The second-order valence-electron chi connectivity index (χ2n) is 8.19. The molecule has 6 nitrogen and oxygen atoms in total. The number of carboxylic acids is 1. The van der Waals surface area contributed by atoms with Crippen LogP contribution in [0, 0.1) is 0 Å². The summed E-state index contributed by atoms with van der Waals surface area (Å²) in [4.78, 5) is 29.2. The van der Waals surface area contributed by atoms with E-state index in [9.17, 15) is 14.7 Å². The fourth-order valence-electron chi connectivity index (χ4n) is 5.14. The van der Waals surface area contributed by atoms with Crippen LogP contribution in [0.3, 0.4) is 0 Å². The van der Waals surface area contributed by atoms with Gasteiger partial charge >= 0.3 is 5.97 Å². The van der Waals surface area contributed by atoms with E-state index in [2.05, 4.69) is 10.2 Å². The third-order valence-corrected chi connectivity index (χ3v) is 6.55. The number of carbonyl (C=O) groups excluding carboxylic acids is 1. The SMILES string of the molecule is O=C(O)c1cccc(CN2CN(C3CCCCC3)C3(CCNCC3)C2=O)c1. The molecule has 0 bridgehead atoms. The average Bonchev–Trinajstić information content (AvgIpc) is 2.95.